The van der Waals surface area contributed by atoms with Crippen molar-refractivity contribution >= 4 is 11.8 Å². The summed E-state index contributed by atoms with van der Waals surface area (Å²) in [4.78, 5) is 24.5. The van der Waals surface area contributed by atoms with Gasteiger partial charge in [-0.3, -0.25) is 9.59 Å². The fraction of sp³-hybridized carbons (Fsp3) is 0.833. The molecular formula is C12H21F2N3O2. The number of carbonyl (C=O) groups is 2. The Kier molecular flexibility index (Phi) is 5.65. The number of carbonyl (C=O) groups excluding carboxylic acids is 2. The van der Waals surface area contributed by atoms with Crippen molar-refractivity contribution in [3.8, 4) is 0 Å². The van der Waals surface area contributed by atoms with Crippen LogP contribution in [0.1, 0.15) is 26.7 Å². The molecule has 1 fully saturated rings. The SMILES string of the molecule is CC(C)[C@H](N)C(=O)NCC(=O)N(CC(F)F)C1CC1. The van der Waals surface area contributed by atoms with Crippen LogP contribution in [0, 0.1) is 5.92 Å². The lowest BCUT2D eigenvalue weighted by atomic mass is 10.1. The third-order valence-electron chi connectivity index (χ3n) is 3.08. The zero-order valence-corrected chi connectivity index (χ0v) is 11.2. The Morgan fingerprint density at radius 1 is 1.37 bits per heavy atom. The largest absolute Gasteiger partial charge is 0.346 e. The lowest BCUT2D eigenvalue weighted by molar-refractivity contribution is -0.135. The molecule has 0 saturated heterocycles. The van der Waals surface area contributed by atoms with E-state index in [4.69, 9.17) is 5.73 Å². The van der Waals surface area contributed by atoms with Gasteiger partial charge in [-0.1, -0.05) is 13.8 Å². The number of hydrogen-bond acceptors (Lipinski definition) is 3. The number of rotatable bonds is 7. The van der Waals surface area contributed by atoms with E-state index in [9.17, 15) is 18.4 Å². The Bertz CT molecular complexity index is 333. The Labute approximate surface area is 111 Å². The quantitative estimate of drug-likeness (QED) is 0.704. The van der Waals surface area contributed by atoms with Gasteiger partial charge in [-0.2, -0.15) is 0 Å². The molecule has 5 nitrogen and oxygen atoms in total. The second kappa shape index (κ2) is 6.79. The van der Waals surface area contributed by atoms with Crippen LogP contribution in [0.2, 0.25) is 0 Å². The molecular weight excluding hydrogens is 256 g/mol. The van der Waals surface area contributed by atoms with Crippen LogP contribution < -0.4 is 11.1 Å². The summed E-state index contributed by atoms with van der Waals surface area (Å²) in [6, 6.07) is -0.797. The molecule has 1 aliphatic carbocycles. The average Bonchev–Trinajstić information content (AvgIpc) is 3.15. The van der Waals surface area contributed by atoms with E-state index < -0.39 is 30.8 Å². The Hall–Kier alpha value is -1.24. The first kappa shape index (κ1) is 15.8. The summed E-state index contributed by atoms with van der Waals surface area (Å²) in [6.45, 7) is 2.73. The molecule has 0 radical (unpaired) electrons. The summed E-state index contributed by atoms with van der Waals surface area (Å²) in [5.74, 6) is -0.959. The van der Waals surface area contributed by atoms with Crippen molar-refractivity contribution < 1.29 is 18.4 Å². The molecule has 110 valence electrons. The van der Waals surface area contributed by atoms with Crippen molar-refractivity contribution in [1.82, 2.24) is 10.2 Å². The molecule has 7 heteroatoms. The minimum Gasteiger partial charge on any atom is -0.346 e. The molecule has 0 spiro atoms. The van der Waals surface area contributed by atoms with Gasteiger partial charge in [0.1, 0.15) is 0 Å². The first-order valence-corrected chi connectivity index (χ1v) is 6.43. The van der Waals surface area contributed by atoms with E-state index in [1.807, 2.05) is 0 Å². The van der Waals surface area contributed by atoms with Gasteiger partial charge < -0.3 is 16.0 Å². The first-order chi connectivity index (χ1) is 8.82. The predicted octanol–water partition coefficient (Wildman–Crippen LogP) is 0.342. The van der Waals surface area contributed by atoms with Gasteiger partial charge >= 0.3 is 0 Å². The van der Waals surface area contributed by atoms with E-state index >= 15 is 0 Å². The minimum atomic E-state index is -2.56. The van der Waals surface area contributed by atoms with Gasteiger partial charge in [-0.15, -0.1) is 0 Å². The van der Waals surface area contributed by atoms with Crippen LogP contribution in [-0.2, 0) is 9.59 Å². The average molecular weight is 277 g/mol. The fourth-order valence-electron chi connectivity index (χ4n) is 1.67. The highest BCUT2D eigenvalue weighted by atomic mass is 19.3. The second-order valence-electron chi connectivity index (χ2n) is 5.16. The van der Waals surface area contributed by atoms with Gasteiger partial charge in [-0.25, -0.2) is 8.78 Å². The van der Waals surface area contributed by atoms with Gasteiger partial charge in [-0.05, 0) is 18.8 Å². The lowest BCUT2D eigenvalue weighted by Crippen LogP contribution is -2.49. The molecule has 0 heterocycles. The maximum absolute atomic E-state index is 12.4. The maximum Gasteiger partial charge on any atom is 0.255 e. The third-order valence-corrected chi connectivity index (χ3v) is 3.08. The van der Waals surface area contributed by atoms with Gasteiger partial charge in [0.25, 0.3) is 6.43 Å². The highest BCUT2D eigenvalue weighted by Crippen LogP contribution is 2.27. The van der Waals surface area contributed by atoms with Crippen molar-refractivity contribution in [2.75, 3.05) is 13.1 Å². The number of nitrogens with two attached hydrogens (primary N) is 1. The first-order valence-electron chi connectivity index (χ1n) is 6.43. The molecule has 19 heavy (non-hydrogen) atoms. The van der Waals surface area contributed by atoms with Gasteiger partial charge in [0.05, 0.1) is 19.1 Å². The van der Waals surface area contributed by atoms with Crippen LogP contribution in [0.5, 0.6) is 0 Å². The monoisotopic (exact) mass is 277 g/mol. The molecule has 1 rings (SSSR count). The summed E-state index contributed by atoms with van der Waals surface area (Å²) in [5.41, 5.74) is 5.62. The normalized spacial score (nSPS) is 16.6. The van der Waals surface area contributed by atoms with Gasteiger partial charge in [0.15, 0.2) is 0 Å². The highest BCUT2D eigenvalue weighted by Gasteiger charge is 2.34. The molecule has 0 unspecified atom stereocenters. The summed E-state index contributed by atoms with van der Waals surface area (Å²) >= 11 is 0. The molecule has 1 atom stereocenters. The van der Waals surface area contributed by atoms with Crippen LogP contribution in [0.4, 0.5) is 8.78 Å². The molecule has 1 saturated carbocycles. The minimum absolute atomic E-state index is 0.0456. The van der Waals surface area contributed by atoms with E-state index in [1.54, 1.807) is 13.8 Å². The van der Waals surface area contributed by atoms with Crippen LogP contribution in [0.15, 0.2) is 0 Å². The van der Waals surface area contributed by atoms with Crippen molar-refractivity contribution in [2.24, 2.45) is 11.7 Å². The maximum atomic E-state index is 12.4. The molecule has 0 bridgehead atoms. The molecule has 0 aromatic rings. The Balaban J connectivity index is 2.42. The fourth-order valence-corrected chi connectivity index (χ4v) is 1.67. The predicted molar refractivity (Wildman–Crippen MR) is 66.6 cm³/mol. The summed E-state index contributed by atoms with van der Waals surface area (Å²) in [7, 11) is 0. The molecule has 0 aromatic heterocycles. The lowest BCUT2D eigenvalue weighted by Gasteiger charge is -2.23. The standard InChI is InChI=1S/C12H21F2N3O2/c1-7(2)11(15)12(19)16-5-10(18)17(6-9(13)14)8-3-4-8/h7-9,11H,3-6,15H2,1-2H3,(H,16,19)/t11-/m0/s1. The van der Waals surface area contributed by atoms with E-state index in [2.05, 4.69) is 5.32 Å². The number of halogens is 2. The number of alkyl halides is 2. The molecule has 2 amide bonds. The smallest absolute Gasteiger partial charge is 0.255 e. The number of nitrogens with one attached hydrogen (secondary N) is 1. The Morgan fingerprint density at radius 2 is 1.95 bits per heavy atom. The van der Waals surface area contributed by atoms with E-state index in [1.165, 1.54) is 0 Å². The number of nitrogens with zero attached hydrogens (tertiary/aromatic N) is 1. The number of amides is 2. The second-order valence-corrected chi connectivity index (χ2v) is 5.16. The molecule has 3 N–H and O–H groups in total. The summed E-state index contributed by atoms with van der Waals surface area (Å²) in [6.07, 6.45) is -1.06. The van der Waals surface area contributed by atoms with E-state index in [-0.39, 0.29) is 18.5 Å². The van der Waals surface area contributed by atoms with Crippen molar-refractivity contribution in [1.29, 1.82) is 0 Å². The topological polar surface area (TPSA) is 75.4 Å². The van der Waals surface area contributed by atoms with Crippen LogP contribution in [0.25, 0.3) is 0 Å². The van der Waals surface area contributed by atoms with Crippen LogP contribution >= 0.6 is 0 Å². The van der Waals surface area contributed by atoms with E-state index in [0.29, 0.717) is 0 Å². The molecule has 0 aliphatic heterocycles. The Morgan fingerprint density at radius 3 is 2.37 bits per heavy atom. The van der Waals surface area contributed by atoms with Crippen molar-refractivity contribution in [3.05, 3.63) is 0 Å². The van der Waals surface area contributed by atoms with Crippen LogP contribution in [-0.4, -0.2) is 48.3 Å². The zero-order valence-electron chi connectivity index (χ0n) is 11.2. The van der Waals surface area contributed by atoms with E-state index in [0.717, 1.165) is 17.7 Å². The van der Waals surface area contributed by atoms with Crippen molar-refractivity contribution in [2.45, 2.75) is 45.2 Å². The third kappa shape index (κ3) is 5.10. The number of hydrogen-bond donors (Lipinski definition) is 2. The molecule has 0 aromatic carbocycles. The van der Waals surface area contributed by atoms with Crippen molar-refractivity contribution in [3.63, 3.8) is 0 Å². The summed E-state index contributed by atoms with van der Waals surface area (Å²) < 4.78 is 24.7. The van der Waals surface area contributed by atoms with Crippen LogP contribution in [0.3, 0.4) is 0 Å². The summed E-state index contributed by atoms with van der Waals surface area (Å²) in [5, 5.41) is 2.40. The highest BCUT2D eigenvalue weighted by molar-refractivity contribution is 5.87. The molecule has 1 aliphatic rings. The zero-order chi connectivity index (χ0) is 14.6. The van der Waals surface area contributed by atoms with Gasteiger partial charge in [0.2, 0.25) is 11.8 Å². The van der Waals surface area contributed by atoms with Gasteiger partial charge in [0, 0.05) is 6.04 Å².